The predicted octanol–water partition coefficient (Wildman–Crippen LogP) is 4.18. The zero-order chi connectivity index (χ0) is 32.3. The van der Waals surface area contributed by atoms with Gasteiger partial charge in [-0.3, -0.25) is 14.3 Å². The van der Waals surface area contributed by atoms with Crippen molar-refractivity contribution in [2.24, 2.45) is 0 Å². The zero-order valence-electron chi connectivity index (χ0n) is 25.4. The second-order valence-corrected chi connectivity index (χ2v) is 13.4. The Morgan fingerprint density at radius 1 is 0.804 bits per heavy atom. The SMILES string of the molecule is CN[C@@H]1[C@@H](S(=O)(=O)c2ccc(C)cc2)[C@@H](COC(c2ccccc2)(c2ccccc2)c2ccccc2)O[C@H]1n1ccc(=O)[nH]c1=O. The molecule has 46 heavy (non-hydrogen) atoms. The molecule has 10 heteroatoms. The Bertz CT molecular complexity index is 1900. The van der Waals surface area contributed by atoms with Crippen LogP contribution in [-0.4, -0.2) is 49.0 Å². The number of aromatic amines is 1. The Balaban J connectivity index is 1.49. The molecule has 9 nitrogen and oxygen atoms in total. The molecule has 0 radical (unpaired) electrons. The van der Waals surface area contributed by atoms with Crippen LogP contribution in [0.3, 0.4) is 0 Å². The lowest BCUT2D eigenvalue weighted by molar-refractivity contribution is -0.0787. The van der Waals surface area contributed by atoms with Crippen LogP contribution in [-0.2, 0) is 24.9 Å². The molecule has 0 spiro atoms. The maximum absolute atomic E-state index is 14.5. The molecule has 6 rings (SSSR count). The van der Waals surface area contributed by atoms with Crippen LogP contribution in [0.2, 0.25) is 0 Å². The van der Waals surface area contributed by atoms with Gasteiger partial charge in [-0.15, -0.1) is 0 Å². The molecule has 2 heterocycles. The van der Waals surface area contributed by atoms with E-state index < -0.39 is 50.3 Å². The number of benzene rings is 4. The van der Waals surface area contributed by atoms with Gasteiger partial charge in [0.25, 0.3) is 5.56 Å². The van der Waals surface area contributed by atoms with E-state index in [4.69, 9.17) is 9.47 Å². The van der Waals surface area contributed by atoms with Crippen molar-refractivity contribution < 1.29 is 17.9 Å². The van der Waals surface area contributed by atoms with E-state index in [1.54, 1.807) is 31.3 Å². The van der Waals surface area contributed by atoms with Gasteiger partial charge < -0.3 is 14.8 Å². The molecule has 2 N–H and O–H groups in total. The number of aromatic nitrogens is 2. The Morgan fingerprint density at radius 2 is 1.33 bits per heavy atom. The molecular formula is C36H35N3O6S. The highest BCUT2D eigenvalue weighted by Gasteiger charge is 2.53. The zero-order valence-corrected chi connectivity index (χ0v) is 26.3. The van der Waals surface area contributed by atoms with Crippen molar-refractivity contribution in [3.8, 4) is 0 Å². The highest BCUT2D eigenvalue weighted by Crippen LogP contribution is 2.43. The molecule has 0 unspecified atom stereocenters. The maximum atomic E-state index is 14.5. The Labute approximate surface area is 267 Å². The third-order valence-corrected chi connectivity index (χ3v) is 10.8. The van der Waals surface area contributed by atoms with E-state index in [0.29, 0.717) is 0 Å². The van der Waals surface area contributed by atoms with E-state index in [0.717, 1.165) is 22.3 Å². The molecule has 4 aromatic carbocycles. The van der Waals surface area contributed by atoms with Crippen molar-refractivity contribution >= 4 is 9.84 Å². The van der Waals surface area contributed by atoms with E-state index in [1.165, 1.54) is 16.8 Å². The summed E-state index contributed by atoms with van der Waals surface area (Å²) in [6.07, 6.45) is -0.771. The lowest BCUT2D eigenvalue weighted by Crippen LogP contribution is -2.49. The van der Waals surface area contributed by atoms with Crippen LogP contribution in [0.5, 0.6) is 0 Å². The van der Waals surface area contributed by atoms with Gasteiger partial charge in [-0.2, -0.15) is 0 Å². The van der Waals surface area contributed by atoms with Crippen LogP contribution in [0.25, 0.3) is 0 Å². The van der Waals surface area contributed by atoms with Gasteiger partial charge in [0.2, 0.25) is 0 Å². The minimum absolute atomic E-state index is 0.131. The molecule has 1 fully saturated rings. The fourth-order valence-corrected chi connectivity index (χ4v) is 8.32. The first-order valence-electron chi connectivity index (χ1n) is 15.0. The number of H-pyrrole nitrogens is 1. The van der Waals surface area contributed by atoms with Crippen LogP contribution >= 0.6 is 0 Å². The fraction of sp³-hybridized carbons (Fsp3) is 0.222. The number of aryl methyl sites for hydroxylation is 1. The van der Waals surface area contributed by atoms with Crippen LogP contribution in [0.15, 0.2) is 142 Å². The molecule has 0 bridgehead atoms. The quantitative estimate of drug-likeness (QED) is 0.221. The van der Waals surface area contributed by atoms with Gasteiger partial charge in [0, 0.05) is 12.3 Å². The monoisotopic (exact) mass is 637 g/mol. The highest BCUT2D eigenvalue weighted by atomic mass is 32.2. The largest absolute Gasteiger partial charge is 0.358 e. The number of ether oxygens (including phenoxy) is 2. The first kappa shape index (κ1) is 31.4. The summed E-state index contributed by atoms with van der Waals surface area (Å²) in [5.74, 6) is 0. The first-order valence-corrected chi connectivity index (χ1v) is 16.6. The van der Waals surface area contributed by atoms with Gasteiger partial charge >= 0.3 is 5.69 Å². The van der Waals surface area contributed by atoms with E-state index in [1.807, 2.05) is 97.9 Å². The van der Waals surface area contributed by atoms with Gasteiger partial charge in [-0.25, -0.2) is 13.2 Å². The van der Waals surface area contributed by atoms with Crippen molar-refractivity contribution in [3.63, 3.8) is 0 Å². The average Bonchev–Trinajstić information content (AvgIpc) is 3.46. The van der Waals surface area contributed by atoms with Crippen LogP contribution in [0.4, 0.5) is 0 Å². The predicted molar refractivity (Wildman–Crippen MR) is 175 cm³/mol. The molecule has 236 valence electrons. The maximum Gasteiger partial charge on any atom is 0.330 e. The number of likely N-dealkylation sites (N-methyl/N-ethyl adjacent to an activating group) is 1. The van der Waals surface area contributed by atoms with Crippen molar-refractivity contribution in [1.29, 1.82) is 0 Å². The van der Waals surface area contributed by atoms with Crippen molar-refractivity contribution in [3.05, 3.63) is 171 Å². The number of rotatable bonds is 10. The molecule has 1 aliphatic rings. The number of nitrogens with zero attached hydrogens (tertiary/aromatic N) is 1. The third-order valence-electron chi connectivity index (χ3n) is 8.51. The number of sulfone groups is 1. The average molecular weight is 638 g/mol. The molecule has 0 saturated carbocycles. The lowest BCUT2D eigenvalue weighted by atomic mass is 9.80. The fourth-order valence-electron chi connectivity index (χ4n) is 6.30. The number of nitrogens with one attached hydrogen (secondary N) is 2. The summed E-state index contributed by atoms with van der Waals surface area (Å²) in [7, 11) is -2.42. The topological polar surface area (TPSA) is 119 Å². The molecule has 0 aliphatic carbocycles. The van der Waals surface area contributed by atoms with Crippen LogP contribution in [0, 0.1) is 6.92 Å². The molecule has 5 aromatic rings. The summed E-state index contributed by atoms with van der Waals surface area (Å²) in [6.45, 7) is 1.73. The van der Waals surface area contributed by atoms with Gasteiger partial charge in [0.05, 0.1) is 17.5 Å². The molecule has 4 atom stereocenters. The summed E-state index contributed by atoms with van der Waals surface area (Å²) < 4.78 is 43.6. The van der Waals surface area contributed by atoms with Crippen molar-refractivity contribution in [2.75, 3.05) is 13.7 Å². The summed E-state index contributed by atoms with van der Waals surface area (Å²) in [5.41, 5.74) is 1.06. The van der Waals surface area contributed by atoms with Gasteiger partial charge in [-0.05, 0) is 42.8 Å². The number of hydrogen-bond donors (Lipinski definition) is 2. The molecular weight excluding hydrogens is 602 g/mol. The summed E-state index contributed by atoms with van der Waals surface area (Å²) >= 11 is 0. The summed E-state index contributed by atoms with van der Waals surface area (Å²) in [5, 5.41) is 1.94. The van der Waals surface area contributed by atoms with E-state index in [9.17, 15) is 18.0 Å². The van der Waals surface area contributed by atoms with Gasteiger partial charge in [0.1, 0.15) is 17.0 Å². The third kappa shape index (κ3) is 5.76. The van der Waals surface area contributed by atoms with Crippen LogP contribution in [0.1, 0.15) is 28.5 Å². The minimum atomic E-state index is -4.04. The van der Waals surface area contributed by atoms with Gasteiger partial charge in [0.15, 0.2) is 16.1 Å². The minimum Gasteiger partial charge on any atom is -0.358 e. The number of hydrogen-bond acceptors (Lipinski definition) is 7. The van der Waals surface area contributed by atoms with E-state index >= 15 is 0 Å². The van der Waals surface area contributed by atoms with E-state index in [2.05, 4.69) is 10.3 Å². The molecule has 1 aliphatic heterocycles. The normalized spacial score (nSPS) is 20.0. The first-order chi connectivity index (χ1) is 22.3. The van der Waals surface area contributed by atoms with Crippen molar-refractivity contribution in [1.82, 2.24) is 14.9 Å². The molecule has 1 aromatic heterocycles. The highest BCUT2D eigenvalue weighted by molar-refractivity contribution is 7.92. The Hall–Kier alpha value is -4.61. The van der Waals surface area contributed by atoms with Gasteiger partial charge in [-0.1, -0.05) is 109 Å². The van der Waals surface area contributed by atoms with E-state index in [-0.39, 0.29) is 11.5 Å². The standard InChI is InChI=1S/C36H35N3O6S/c1-25-18-20-29(21-19-25)46(42,43)33-30(45-34(32(33)37-2)39-23-22-31(40)38-35(39)41)24-44-36(26-12-6-3-7-13-26,27-14-8-4-9-15-27)28-16-10-5-11-17-28/h3-23,30,32-34,37H,24H2,1-2H3,(H,38,40,41)/t30-,32-,33+,34-/m1/s1. The van der Waals surface area contributed by atoms with Crippen molar-refractivity contribution in [2.45, 2.75) is 41.0 Å². The smallest absolute Gasteiger partial charge is 0.330 e. The second kappa shape index (κ2) is 13.0. The Morgan fingerprint density at radius 3 is 1.80 bits per heavy atom. The molecule has 1 saturated heterocycles. The lowest BCUT2D eigenvalue weighted by Gasteiger charge is -2.37. The second-order valence-electron chi connectivity index (χ2n) is 11.3. The van der Waals surface area contributed by atoms with Crippen LogP contribution < -0.4 is 16.6 Å². The summed E-state index contributed by atoms with van der Waals surface area (Å²) in [4.78, 5) is 27.2. The summed E-state index contributed by atoms with van der Waals surface area (Å²) in [6, 6.07) is 36.3. The Kier molecular flexibility index (Phi) is 8.88. The molecule has 0 amide bonds.